The van der Waals surface area contributed by atoms with Gasteiger partial charge in [0.1, 0.15) is 0 Å². The Balaban J connectivity index is 1.20. The average Bonchev–Trinajstić information content (AvgIpc) is 3.32. The fourth-order valence-electron chi connectivity index (χ4n) is 5.30. The molecule has 2 aromatic heterocycles. The Morgan fingerprint density at radius 1 is 1.00 bits per heavy atom. The zero-order chi connectivity index (χ0) is 18.2. The van der Waals surface area contributed by atoms with Gasteiger partial charge in [0, 0.05) is 12.0 Å². The molecule has 3 aliphatic rings. The molecule has 0 N–H and O–H groups in total. The Morgan fingerprint density at radius 2 is 1.89 bits per heavy atom. The monoisotopic (exact) mass is 368 g/mol. The molecule has 0 amide bonds. The van der Waals surface area contributed by atoms with E-state index in [0.717, 1.165) is 30.4 Å². The molecule has 1 atom stereocenters. The number of nitrogens with zero attached hydrogens (tertiary/aromatic N) is 6. The third kappa shape index (κ3) is 3.49. The van der Waals surface area contributed by atoms with Crippen LogP contribution >= 0.6 is 0 Å². The molecular weight excluding hydrogens is 336 g/mol. The molecule has 2 saturated heterocycles. The number of fused-ring (bicyclic) bond motifs is 2. The van der Waals surface area contributed by atoms with Crippen molar-refractivity contribution in [3.05, 3.63) is 23.1 Å². The van der Waals surface area contributed by atoms with E-state index in [4.69, 9.17) is 5.10 Å². The minimum absolute atomic E-state index is 0.501. The van der Waals surface area contributed by atoms with Crippen molar-refractivity contribution in [1.82, 2.24) is 29.6 Å². The molecule has 0 bridgehead atoms. The number of piperidine rings is 2. The molecule has 6 heteroatoms. The van der Waals surface area contributed by atoms with Crippen molar-refractivity contribution < 1.29 is 0 Å². The lowest BCUT2D eigenvalue weighted by atomic mass is 9.95. The summed E-state index contributed by atoms with van der Waals surface area (Å²) in [6.45, 7) is 4.89. The van der Waals surface area contributed by atoms with Crippen LogP contribution in [0.15, 0.2) is 6.07 Å². The lowest BCUT2D eigenvalue weighted by Gasteiger charge is -2.36. The maximum atomic E-state index is 4.89. The number of hydrogen-bond acceptors (Lipinski definition) is 5. The SMILES string of the molecule is CN1CCCCC1CCN1CCC(c2nnc3cc4c(nn23)CCC4)CC1. The summed E-state index contributed by atoms with van der Waals surface area (Å²) in [7, 11) is 2.30. The lowest BCUT2D eigenvalue weighted by molar-refractivity contribution is 0.141. The first-order valence-electron chi connectivity index (χ1n) is 10.9. The zero-order valence-corrected chi connectivity index (χ0v) is 16.6. The standard InChI is InChI=1S/C21H32N6/c1-25-11-3-2-6-18(25)10-14-26-12-8-16(9-13-26)21-23-22-20-15-17-5-4-7-19(17)24-27(20)21/h15-16,18H,2-14H2,1H3. The summed E-state index contributed by atoms with van der Waals surface area (Å²) in [5, 5.41) is 13.9. The Kier molecular flexibility index (Phi) is 4.86. The third-order valence-electron chi connectivity index (χ3n) is 7.10. The summed E-state index contributed by atoms with van der Waals surface area (Å²) < 4.78 is 2.04. The first-order valence-corrected chi connectivity index (χ1v) is 10.9. The van der Waals surface area contributed by atoms with Crippen LogP contribution < -0.4 is 0 Å². The zero-order valence-electron chi connectivity index (χ0n) is 16.6. The van der Waals surface area contributed by atoms with Gasteiger partial charge in [-0.15, -0.1) is 10.2 Å². The third-order valence-corrected chi connectivity index (χ3v) is 7.10. The largest absolute Gasteiger partial charge is 0.303 e. The van der Waals surface area contributed by atoms with Gasteiger partial charge in [-0.3, -0.25) is 0 Å². The van der Waals surface area contributed by atoms with Gasteiger partial charge in [-0.05, 0) is 96.2 Å². The number of aromatic nitrogens is 4. The topological polar surface area (TPSA) is 49.6 Å². The Bertz CT molecular complexity index is 791. The number of hydrogen-bond donors (Lipinski definition) is 0. The molecule has 4 heterocycles. The van der Waals surface area contributed by atoms with Crippen molar-refractivity contribution in [3.8, 4) is 0 Å². The Labute approximate surface area is 161 Å². The van der Waals surface area contributed by atoms with Crippen LogP contribution in [0.5, 0.6) is 0 Å². The van der Waals surface area contributed by atoms with Crippen LogP contribution in [0.4, 0.5) is 0 Å². The van der Waals surface area contributed by atoms with Crippen LogP contribution in [-0.4, -0.2) is 68.9 Å². The maximum Gasteiger partial charge on any atom is 0.178 e. The van der Waals surface area contributed by atoms with E-state index in [-0.39, 0.29) is 0 Å². The van der Waals surface area contributed by atoms with Crippen molar-refractivity contribution in [1.29, 1.82) is 0 Å². The summed E-state index contributed by atoms with van der Waals surface area (Å²) >= 11 is 0. The van der Waals surface area contributed by atoms with Crippen LogP contribution in [0.1, 0.15) is 67.9 Å². The molecule has 5 rings (SSSR count). The summed E-state index contributed by atoms with van der Waals surface area (Å²) in [4.78, 5) is 5.23. The lowest BCUT2D eigenvalue weighted by Crippen LogP contribution is -2.41. The highest BCUT2D eigenvalue weighted by molar-refractivity contribution is 5.43. The molecule has 1 unspecified atom stereocenters. The van der Waals surface area contributed by atoms with E-state index >= 15 is 0 Å². The fraction of sp³-hybridized carbons (Fsp3) is 0.762. The molecule has 2 aliphatic heterocycles. The van der Waals surface area contributed by atoms with Gasteiger partial charge in [-0.1, -0.05) is 6.42 Å². The van der Waals surface area contributed by atoms with Crippen LogP contribution in [-0.2, 0) is 12.8 Å². The van der Waals surface area contributed by atoms with E-state index in [9.17, 15) is 0 Å². The fourth-order valence-corrected chi connectivity index (χ4v) is 5.30. The van der Waals surface area contributed by atoms with Crippen molar-refractivity contribution in [3.63, 3.8) is 0 Å². The normalized spacial score (nSPS) is 25.3. The number of aryl methyl sites for hydroxylation is 2. The van der Waals surface area contributed by atoms with E-state index in [1.54, 1.807) is 0 Å². The predicted molar refractivity (Wildman–Crippen MR) is 106 cm³/mol. The molecule has 1 aliphatic carbocycles. The summed E-state index contributed by atoms with van der Waals surface area (Å²) in [6.07, 6.45) is 11.3. The van der Waals surface area contributed by atoms with Gasteiger partial charge in [0.25, 0.3) is 0 Å². The molecule has 0 radical (unpaired) electrons. The van der Waals surface area contributed by atoms with E-state index < -0.39 is 0 Å². The van der Waals surface area contributed by atoms with Gasteiger partial charge in [0.2, 0.25) is 0 Å². The molecular formula is C21H32N6. The second-order valence-corrected chi connectivity index (χ2v) is 8.83. The van der Waals surface area contributed by atoms with Crippen molar-refractivity contribution in [2.45, 2.75) is 69.7 Å². The first kappa shape index (κ1) is 17.6. The van der Waals surface area contributed by atoms with E-state index in [2.05, 4.69) is 33.1 Å². The average molecular weight is 369 g/mol. The van der Waals surface area contributed by atoms with Crippen LogP contribution in [0, 0.1) is 0 Å². The van der Waals surface area contributed by atoms with E-state index in [1.807, 2.05) is 4.52 Å². The molecule has 0 aromatic carbocycles. The molecule has 146 valence electrons. The van der Waals surface area contributed by atoms with Gasteiger partial charge >= 0.3 is 0 Å². The Hall–Kier alpha value is -1.53. The van der Waals surface area contributed by atoms with Gasteiger partial charge < -0.3 is 9.80 Å². The van der Waals surface area contributed by atoms with Crippen LogP contribution in [0.2, 0.25) is 0 Å². The van der Waals surface area contributed by atoms with Gasteiger partial charge in [0.15, 0.2) is 11.5 Å². The first-order chi connectivity index (χ1) is 13.3. The quantitative estimate of drug-likeness (QED) is 0.830. The highest BCUT2D eigenvalue weighted by Gasteiger charge is 2.27. The highest BCUT2D eigenvalue weighted by atomic mass is 15.4. The predicted octanol–water partition coefficient (Wildman–Crippen LogP) is 2.67. The van der Waals surface area contributed by atoms with Gasteiger partial charge in [-0.2, -0.15) is 9.61 Å². The van der Waals surface area contributed by atoms with Gasteiger partial charge in [0.05, 0.1) is 5.69 Å². The highest BCUT2D eigenvalue weighted by Crippen LogP contribution is 2.29. The molecule has 27 heavy (non-hydrogen) atoms. The number of likely N-dealkylation sites (tertiary alicyclic amines) is 2. The summed E-state index contributed by atoms with van der Waals surface area (Å²) in [5.41, 5.74) is 3.58. The van der Waals surface area contributed by atoms with E-state index in [0.29, 0.717) is 5.92 Å². The molecule has 0 saturated carbocycles. The molecule has 6 nitrogen and oxygen atoms in total. The second kappa shape index (κ2) is 7.47. The minimum Gasteiger partial charge on any atom is -0.303 e. The van der Waals surface area contributed by atoms with Gasteiger partial charge in [-0.25, -0.2) is 0 Å². The van der Waals surface area contributed by atoms with E-state index in [1.165, 1.54) is 82.4 Å². The molecule has 0 spiro atoms. The van der Waals surface area contributed by atoms with Crippen molar-refractivity contribution in [2.24, 2.45) is 0 Å². The maximum absolute atomic E-state index is 4.89. The minimum atomic E-state index is 0.501. The van der Waals surface area contributed by atoms with Crippen molar-refractivity contribution in [2.75, 3.05) is 33.2 Å². The Morgan fingerprint density at radius 3 is 2.74 bits per heavy atom. The second-order valence-electron chi connectivity index (χ2n) is 8.83. The molecule has 2 fully saturated rings. The van der Waals surface area contributed by atoms with Crippen LogP contribution in [0.3, 0.4) is 0 Å². The summed E-state index contributed by atoms with van der Waals surface area (Å²) in [6, 6.07) is 3.00. The number of rotatable bonds is 4. The smallest absolute Gasteiger partial charge is 0.178 e. The molecule has 2 aromatic rings. The van der Waals surface area contributed by atoms with Crippen LogP contribution in [0.25, 0.3) is 5.65 Å². The summed E-state index contributed by atoms with van der Waals surface area (Å²) in [5.74, 6) is 1.59. The van der Waals surface area contributed by atoms with Crippen molar-refractivity contribution >= 4 is 5.65 Å².